The maximum Gasteiger partial charge on any atom is 0.470 e. The van der Waals surface area contributed by atoms with E-state index in [-0.39, 0.29) is 0 Å². The molecule has 0 aromatic rings. The Bertz CT molecular complexity index is 1400. The molecule has 4 saturated heterocycles. The van der Waals surface area contributed by atoms with Gasteiger partial charge in [-0.05, 0) is 0 Å². The van der Waals surface area contributed by atoms with Gasteiger partial charge in [-0.15, -0.1) is 0 Å². The third-order valence-electron chi connectivity index (χ3n) is 9.83. The molecule has 29 heteroatoms. The van der Waals surface area contributed by atoms with E-state index in [9.17, 15) is 90.3 Å². The van der Waals surface area contributed by atoms with Crippen LogP contribution in [-0.4, -0.2) is 243 Å². The van der Waals surface area contributed by atoms with Crippen LogP contribution in [0.25, 0.3) is 0 Å². The maximum absolute atomic E-state index is 12.9. The van der Waals surface area contributed by atoms with Crippen molar-refractivity contribution in [1.82, 2.24) is 0 Å². The Morgan fingerprint density at radius 3 is 1.93 bits per heavy atom. The van der Waals surface area contributed by atoms with Crippen LogP contribution in [0.1, 0.15) is 6.42 Å². The Morgan fingerprint density at radius 1 is 0.754 bits per heavy atom. The average Bonchev–Trinajstić information content (AvgIpc) is 3.15. The monoisotopic (exact) mass is 860 g/mol. The van der Waals surface area contributed by atoms with Crippen molar-refractivity contribution in [2.24, 2.45) is 11.5 Å². The number of carboxylic acids is 2. The molecule has 0 amide bonds. The van der Waals surface area contributed by atoms with Gasteiger partial charge in [-0.1, -0.05) is 0 Å². The van der Waals surface area contributed by atoms with Crippen molar-refractivity contribution in [2.45, 2.75) is 135 Å². The molecule has 0 aromatic carbocycles. The van der Waals surface area contributed by atoms with E-state index in [0.717, 1.165) is 0 Å². The topological polar surface area (TPSA) is 481 Å². The van der Waals surface area contributed by atoms with Gasteiger partial charge in [0.25, 0.3) is 5.79 Å². The van der Waals surface area contributed by atoms with E-state index in [0.29, 0.717) is 0 Å². The first-order valence-corrected chi connectivity index (χ1v) is 18.6. The lowest BCUT2D eigenvalue weighted by atomic mass is 9.89. The second-order valence-electron chi connectivity index (χ2n) is 13.8. The van der Waals surface area contributed by atoms with Crippen LogP contribution in [0.4, 0.5) is 0 Å². The van der Waals surface area contributed by atoms with Crippen molar-refractivity contribution in [2.75, 3.05) is 26.4 Å². The number of carboxylic acid groups (broad SMARTS) is 2. The number of phosphoric acid groups is 1. The van der Waals surface area contributed by atoms with Crippen molar-refractivity contribution in [1.29, 1.82) is 0 Å². The predicted molar refractivity (Wildman–Crippen MR) is 171 cm³/mol. The van der Waals surface area contributed by atoms with Crippen LogP contribution in [0.3, 0.4) is 0 Å². The summed E-state index contributed by atoms with van der Waals surface area (Å²) in [6.45, 7) is -4.21. The van der Waals surface area contributed by atoms with Crippen LogP contribution in [0.15, 0.2) is 0 Å². The Kier molecular flexibility index (Phi) is 16.2. The SMILES string of the molecule is N[C@@H]1[C@H](O)[C@H](O)[C@@H](CO[C@@H]2O[C@H](CO[C@]3(C(=O)O)C[C@@H](O[C@@H]4[C@@H](O)[C@@H](O)[C@@H]([C@H](O)CO)O[C@H]4C(=O)O)[C@@H](O)[C@@H]([C@H](O)CO)O3)[C@@H](OP(=O)(O)O)[C@H](O)[C@H]2N)O[C@@H]1O. The fourth-order valence-electron chi connectivity index (χ4n) is 6.66. The molecule has 4 rings (SSSR count). The summed E-state index contributed by atoms with van der Waals surface area (Å²) in [7, 11) is -5.52. The smallest absolute Gasteiger partial charge is 0.470 e. The Labute approximate surface area is 320 Å². The lowest BCUT2D eigenvalue weighted by Crippen LogP contribution is -2.68. The summed E-state index contributed by atoms with van der Waals surface area (Å²) in [6, 6.07) is -3.15. The molecule has 28 nitrogen and oxygen atoms in total. The van der Waals surface area contributed by atoms with Gasteiger partial charge >= 0.3 is 19.8 Å². The van der Waals surface area contributed by atoms with E-state index in [4.69, 9.17) is 44.6 Å². The summed E-state index contributed by atoms with van der Waals surface area (Å²) in [5.74, 6) is -7.10. The zero-order valence-corrected chi connectivity index (χ0v) is 30.3. The zero-order valence-electron chi connectivity index (χ0n) is 29.4. The van der Waals surface area contributed by atoms with Gasteiger partial charge in [0.15, 0.2) is 18.7 Å². The highest BCUT2D eigenvalue weighted by Gasteiger charge is 2.59. The highest BCUT2D eigenvalue weighted by molar-refractivity contribution is 7.46. The minimum atomic E-state index is -5.52. The van der Waals surface area contributed by atoms with E-state index < -0.39 is 181 Å². The summed E-state index contributed by atoms with van der Waals surface area (Å²) < 4.78 is 54.5. The number of aliphatic carboxylic acids is 2. The molecule has 0 radical (unpaired) electrons. The quantitative estimate of drug-likeness (QED) is 0.0641. The van der Waals surface area contributed by atoms with E-state index in [1.165, 1.54) is 0 Å². The largest absolute Gasteiger partial charge is 0.479 e. The molecule has 4 aliphatic rings. The predicted octanol–water partition coefficient (Wildman–Crippen LogP) is -10.4. The molecule has 332 valence electrons. The van der Waals surface area contributed by atoms with Crippen LogP contribution in [0, 0.1) is 0 Å². The number of ether oxygens (including phenoxy) is 7. The number of hydrogen-bond acceptors (Lipinski definition) is 24. The number of carbonyl (C=O) groups is 2. The van der Waals surface area contributed by atoms with E-state index in [1.807, 2.05) is 0 Å². The molecule has 19 N–H and O–H groups in total. The number of nitrogens with two attached hydrogens (primary N) is 2. The molecule has 4 aliphatic heterocycles. The first-order chi connectivity index (χ1) is 26.5. The molecule has 0 unspecified atom stereocenters. The van der Waals surface area contributed by atoms with Crippen molar-refractivity contribution in [3.05, 3.63) is 0 Å². The third kappa shape index (κ3) is 10.6. The van der Waals surface area contributed by atoms with Crippen LogP contribution >= 0.6 is 7.82 Å². The summed E-state index contributed by atoms with van der Waals surface area (Å²) in [4.78, 5) is 44.2. The molecular formula is C28H49N2O26P. The number of phosphoric ester groups is 1. The van der Waals surface area contributed by atoms with E-state index in [2.05, 4.69) is 4.52 Å². The van der Waals surface area contributed by atoms with Crippen LogP contribution < -0.4 is 11.5 Å². The number of rotatable bonds is 16. The van der Waals surface area contributed by atoms with Gasteiger partial charge in [0, 0.05) is 6.42 Å². The second-order valence-corrected chi connectivity index (χ2v) is 14.9. The number of aliphatic hydroxyl groups excluding tert-OH is 11. The van der Waals surface area contributed by atoms with Gasteiger partial charge in [0.05, 0.1) is 44.6 Å². The maximum atomic E-state index is 12.9. The average molecular weight is 861 g/mol. The molecule has 0 saturated carbocycles. The number of aliphatic hydroxyl groups is 11. The molecule has 57 heavy (non-hydrogen) atoms. The molecule has 4 fully saturated rings. The Hall–Kier alpha value is -1.75. The molecule has 0 spiro atoms. The van der Waals surface area contributed by atoms with Gasteiger partial charge in [0.1, 0.15) is 85.5 Å². The Morgan fingerprint density at radius 2 is 1.37 bits per heavy atom. The first-order valence-electron chi connectivity index (χ1n) is 17.1. The van der Waals surface area contributed by atoms with Crippen LogP contribution in [0.5, 0.6) is 0 Å². The van der Waals surface area contributed by atoms with Crippen LogP contribution in [0.2, 0.25) is 0 Å². The normalized spacial score (nSPS) is 45.6. The first kappa shape index (κ1) is 47.9. The minimum Gasteiger partial charge on any atom is -0.479 e. The molecule has 4 heterocycles. The van der Waals surface area contributed by atoms with E-state index >= 15 is 0 Å². The highest BCUT2D eigenvalue weighted by atomic mass is 31.2. The van der Waals surface area contributed by atoms with Gasteiger partial charge in [-0.3, -0.25) is 4.52 Å². The molecular weight excluding hydrogens is 811 g/mol. The second kappa shape index (κ2) is 19.3. The zero-order chi connectivity index (χ0) is 42.9. The van der Waals surface area contributed by atoms with Crippen molar-refractivity contribution < 1.29 is 128 Å². The Balaban J connectivity index is 1.62. The van der Waals surface area contributed by atoms with Crippen LogP contribution in [-0.2, 0) is 51.8 Å². The molecule has 0 bridgehead atoms. The minimum absolute atomic E-state index is 0.743. The van der Waals surface area contributed by atoms with Crippen molar-refractivity contribution in [3.8, 4) is 0 Å². The standard InChI is InChI=1S/C28H49N2O26P/c29-11-15(37)13(35)9(52-25(11)43)4-49-26-12(30)16(38)21(56-57(46,47)48)10(53-26)5-50-28(27(44)45)1-8(14(36)20(55-28)7(34)3-32)51-22-18(40)17(39)19(6(33)2-31)54-23(22)24(41)42/h6-23,25-26,31-40,43H,1-5,29-30H2,(H,41,42)(H,44,45)(H2,46,47,48)/t6-,7-,8-,9-,10-,11-,12-,13-,14-,15+,16-,17-,18+,19-,20-,21-,22-,23-,25+,26-,28-/m1/s1. The number of hydrogen-bond donors (Lipinski definition) is 17. The summed E-state index contributed by atoms with van der Waals surface area (Å²) in [6.07, 6.45) is -37.2. The van der Waals surface area contributed by atoms with Gasteiger partial charge in [-0.25, -0.2) is 14.2 Å². The fourth-order valence-corrected chi connectivity index (χ4v) is 7.24. The molecule has 21 atom stereocenters. The third-order valence-corrected chi connectivity index (χ3v) is 10.3. The van der Waals surface area contributed by atoms with Gasteiger partial charge in [-0.2, -0.15) is 0 Å². The fraction of sp³-hybridized carbons (Fsp3) is 0.929. The molecule has 0 aromatic heterocycles. The summed E-state index contributed by atoms with van der Waals surface area (Å²) >= 11 is 0. The lowest BCUT2D eigenvalue weighted by molar-refractivity contribution is -0.351. The molecule has 0 aliphatic carbocycles. The summed E-state index contributed by atoms with van der Waals surface area (Å²) in [5, 5.41) is 134. The highest BCUT2D eigenvalue weighted by Crippen LogP contribution is 2.43. The van der Waals surface area contributed by atoms with Gasteiger partial charge < -0.3 is 121 Å². The summed E-state index contributed by atoms with van der Waals surface area (Å²) in [5.41, 5.74) is 11.5. The van der Waals surface area contributed by atoms with Crippen molar-refractivity contribution in [3.63, 3.8) is 0 Å². The van der Waals surface area contributed by atoms with Crippen molar-refractivity contribution >= 4 is 19.8 Å². The lowest BCUT2D eigenvalue weighted by Gasteiger charge is -2.49. The van der Waals surface area contributed by atoms with E-state index in [1.54, 1.807) is 0 Å². The van der Waals surface area contributed by atoms with Gasteiger partial charge in [0.2, 0.25) is 0 Å².